The molecule has 1 amide bonds. The van der Waals surface area contributed by atoms with Gasteiger partial charge in [-0.3, -0.25) is 4.79 Å². The highest BCUT2D eigenvalue weighted by molar-refractivity contribution is 5.88. The normalized spacial score (nSPS) is 19.4. The zero-order valence-corrected chi connectivity index (χ0v) is 14.8. The third kappa shape index (κ3) is 4.81. The molecule has 0 saturated carbocycles. The minimum atomic E-state index is -0.488. The highest BCUT2D eigenvalue weighted by Crippen LogP contribution is 2.18. The summed E-state index contributed by atoms with van der Waals surface area (Å²) < 4.78 is 5.21. The second kappa shape index (κ2) is 8.83. The molecule has 0 aromatic heterocycles. The second-order valence-electron chi connectivity index (χ2n) is 6.63. The fraction of sp³-hybridized carbons (Fsp3) is 0.579. The number of ether oxygens (including phenoxy) is 1. The lowest BCUT2D eigenvalue weighted by atomic mass is 9.98. The van der Waals surface area contributed by atoms with Crippen molar-refractivity contribution in [3.05, 3.63) is 35.9 Å². The fourth-order valence-electron chi connectivity index (χ4n) is 3.11. The van der Waals surface area contributed by atoms with Crippen molar-refractivity contribution in [1.82, 2.24) is 10.2 Å². The Morgan fingerprint density at radius 1 is 1.33 bits per heavy atom. The molecule has 0 bridgehead atoms. The van der Waals surface area contributed by atoms with Crippen molar-refractivity contribution in [2.45, 2.75) is 45.7 Å². The van der Waals surface area contributed by atoms with Crippen LogP contribution in [0.1, 0.15) is 32.8 Å². The van der Waals surface area contributed by atoms with Crippen LogP contribution in [-0.4, -0.2) is 48.6 Å². The minimum absolute atomic E-state index is 0.0104. The number of carbonyl (C=O) groups excluding carboxylic acids is 2. The van der Waals surface area contributed by atoms with Gasteiger partial charge in [-0.1, -0.05) is 44.2 Å². The Morgan fingerprint density at radius 2 is 2.04 bits per heavy atom. The Labute approximate surface area is 144 Å². The van der Waals surface area contributed by atoms with E-state index in [1.54, 1.807) is 11.8 Å². The van der Waals surface area contributed by atoms with Gasteiger partial charge in [0.25, 0.3) is 0 Å². The molecule has 1 aromatic rings. The van der Waals surface area contributed by atoms with Crippen LogP contribution >= 0.6 is 0 Å². The van der Waals surface area contributed by atoms with Crippen LogP contribution in [0.5, 0.6) is 0 Å². The number of hydrogen-bond donors (Lipinski definition) is 1. The topological polar surface area (TPSA) is 58.6 Å². The van der Waals surface area contributed by atoms with Gasteiger partial charge in [0, 0.05) is 13.1 Å². The van der Waals surface area contributed by atoms with Crippen LogP contribution in [0.15, 0.2) is 30.3 Å². The first-order valence-electron chi connectivity index (χ1n) is 8.77. The van der Waals surface area contributed by atoms with E-state index < -0.39 is 6.04 Å². The van der Waals surface area contributed by atoms with Crippen LogP contribution in [0, 0.1) is 5.92 Å². The summed E-state index contributed by atoms with van der Waals surface area (Å²) in [7, 11) is 0. The van der Waals surface area contributed by atoms with Crippen molar-refractivity contribution in [2.75, 3.05) is 19.7 Å². The van der Waals surface area contributed by atoms with Gasteiger partial charge in [-0.05, 0) is 31.2 Å². The molecule has 1 aliphatic rings. The summed E-state index contributed by atoms with van der Waals surface area (Å²) in [6.45, 7) is 7.47. The number of nitrogens with zero attached hydrogens (tertiary/aromatic N) is 1. The van der Waals surface area contributed by atoms with Gasteiger partial charge in [0.1, 0.15) is 6.04 Å². The molecule has 1 heterocycles. The number of rotatable bonds is 7. The van der Waals surface area contributed by atoms with Crippen molar-refractivity contribution in [3.8, 4) is 0 Å². The molecular formula is C19H28N2O3. The maximum Gasteiger partial charge on any atom is 0.328 e. The number of piperazine rings is 1. The molecule has 1 fully saturated rings. The van der Waals surface area contributed by atoms with Gasteiger partial charge in [-0.15, -0.1) is 0 Å². The van der Waals surface area contributed by atoms with Crippen molar-refractivity contribution in [3.63, 3.8) is 0 Å². The maximum absolute atomic E-state index is 12.9. The number of amides is 1. The van der Waals surface area contributed by atoms with Gasteiger partial charge in [0.05, 0.1) is 12.6 Å². The highest BCUT2D eigenvalue weighted by atomic mass is 16.5. The van der Waals surface area contributed by atoms with E-state index in [0.29, 0.717) is 38.5 Å². The van der Waals surface area contributed by atoms with Crippen LogP contribution in [0.25, 0.3) is 0 Å². The van der Waals surface area contributed by atoms with Crippen LogP contribution in [0.3, 0.4) is 0 Å². The summed E-state index contributed by atoms with van der Waals surface area (Å²) in [5.41, 5.74) is 1.11. The number of hydrogen-bond acceptors (Lipinski definition) is 4. The average Bonchev–Trinajstić information content (AvgIpc) is 2.56. The summed E-state index contributed by atoms with van der Waals surface area (Å²) in [5.74, 6) is 0.0124. The Morgan fingerprint density at radius 3 is 2.67 bits per heavy atom. The zero-order chi connectivity index (χ0) is 17.5. The first-order chi connectivity index (χ1) is 11.5. The van der Waals surface area contributed by atoms with E-state index >= 15 is 0 Å². The van der Waals surface area contributed by atoms with Gasteiger partial charge >= 0.3 is 5.97 Å². The summed E-state index contributed by atoms with van der Waals surface area (Å²) in [6.07, 6.45) is 1.26. The number of carbonyl (C=O) groups is 2. The molecule has 132 valence electrons. The summed E-state index contributed by atoms with van der Waals surface area (Å²) in [5, 5.41) is 3.28. The van der Waals surface area contributed by atoms with Gasteiger partial charge in [-0.2, -0.15) is 0 Å². The lowest BCUT2D eigenvalue weighted by Crippen LogP contribution is -2.60. The van der Waals surface area contributed by atoms with Crippen LogP contribution in [0.2, 0.25) is 0 Å². The van der Waals surface area contributed by atoms with Crippen LogP contribution in [-0.2, 0) is 20.7 Å². The summed E-state index contributed by atoms with van der Waals surface area (Å²) >= 11 is 0. The van der Waals surface area contributed by atoms with Gasteiger partial charge in [0.15, 0.2) is 0 Å². The maximum atomic E-state index is 12.9. The standard InChI is InChI=1S/C19H28N2O3/c1-4-24-19(23)17(12-14(2)3)21-11-10-20-16(18(21)22)13-15-8-6-5-7-9-15/h5-9,14,16-17,20H,4,10-13H2,1-3H3/t16-,17+/m1/s1. The minimum Gasteiger partial charge on any atom is -0.464 e. The lowest BCUT2D eigenvalue weighted by molar-refractivity contribution is -0.157. The molecular weight excluding hydrogens is 304 g/mol. The molecule has 5 nitrogen and oxygen atoms in total. The molecule has 1 aliphatic heterocycles. The first kappa shape index (κ1) is 18.5. The molecule has 1 saturated heterocycles. The van der Waals surface area contributed by atoms with Gasteiger partial charge < -0.3 is 15.0 Å². The molecule has 2 atom stereocenters. The molecule has 5 heteroatoms. The van der Waals surface area contributed by atoms with E-state index in [2.05, 4.69) is 19.2 Å². The third-order valence-corrected chi connectivity index (χ3v) is 4.24. The Bertz CT molecular complexity index is 545. The molecule has 2 rings (SSSR count). The van der Waals surface area contributed by atoms with Crippen molar-refractivity contribution >= 4 is 11.9 Å². The van der Waals surface area contributed by atoms with Crippen molar-refractivity contribution < 1.29 is 14.3 Å². The van der Waals surface area contributed by atoms with Gasteiger partial charge in [-0.25, -0.2) is 4.79 Å². The zero-order valence-electron chi connectivity index (χ0n) is 14.8. The Kier molecular flexibility index (Phi) is 6.79. The van der Waals surface area contributed by atoms with E-state index in [1.807, 2.05) is 30.3 Å². The monoisotopic (exact) mass is 332 g/mol. The second-order valence-corrected chi connectivity index (χ2v) is 6.63. The first-order valence-corrected chi connectivity index (χ1v) is 8.77. The summed E-state index contributed by atoms with van der Waals surface area (Å²) in [4.78, 5) is 27.0. The molecule has 1 aromatic carbocycles. The van der Waals surface area contributed by atoms with Crippen LogP contribution < -0.4 is 5.32 Å². The molecule has 24 heavy (non-hydrogen) atoms. The van der Waals surface area contributed by atoms with E-state index in [0.717, 1.165) is 5.56 Å². The number of benzene rings is 1. The number of esters is 1. The quantitative estimate of drug-likeness (QED) is 0.776. The molecule has 0 radical (unpaired) electrons. The summed E-state index contributed by atoms with van der Waals surface area (Å²) in [6, 6.07) is 9.17. The lowest BCUT2D eigenvalue weighted by Gasteiger charge is -2.38. The van der Waals surface area contributed by atoms with E-state index in [-0.39, 0.29) is 17.9 Å². The van der Waals surface area contributed by atoms with E-state index in [1.165, 1.54) is 0 Å². The smallest absolute Gasteiger partial charge is 0.328 e. The molecule has 0 aliphatic carbocycles. The molecule has 0 unspecified atom stereocenters. The van der Waals surface area contributed by atoms with Crippen molar-refractivity contribution in [1.29, 1.82) is 0 Å². The SMILES string of the molecule is CCOC(=O)[C@H](CC(C)C)N1CCN[C@H](Cc2ccccc2)C1=O. The van der Waals surface area contributed by atoms with E-state index in [4.69, 9.17) is 4.74 Å². The van der Waals surface area contributed by atoms with Crippen LogP contribution in [0.4, 0.5) is 0 Å². The Balaban J connectivity index is 2.12. The molecule has 0 spiro atoms. The fourth-order valence-corrected chi connectivity index (χ4v) is 3.11. The largest absolute Gasteiger partial charge is 0.464 e. The average molecular weight is 332 g/mol. The predicted molar refractivity (Wildman–Crippen MR) is 93.5 cm³/mol. The third-order valence-electron chi connectivity index (χ3n) is 4.24. The Hall–Kier alpha value is -1.88. The predicted octanol–water partition coefficient (Wildman–Crippen LogP) is 2.01. The van der Waals surface area contributed by atoms with Gasteiger partial charge in [0.2, 0.25) is 5.91 Å². The van der Waals surface area contributed by atoms with E-state index in [9.17, 15) is 9.59 Å². The molecule has 1 N–H and O–H groups in total. The van der Waals surface area contributed by atoms with Crippen molar-refractivity contribution in [2.24, 2.45) is 5.92 Å². The number of nitrogens with one attached hydrogen (secondary N) is 1. The highest BCUT2D eigenvalue weighted by Gasteiger charge is 2.37.